The molecule has 2 aliphatic rings. The minimum absolute atomic E-state index is 0.403. The summed E-state index contributed by atoms with van der Waals surface area (Å²) in [5.41, 5.74) is 4.09. The van der Waals surface area contributed by atoms with Crippen LogP contribution < -0.4 is 5.32 Å². The Labute approximate surface area is 124 Å². The van der Waals surface area contributed by atoms with E-state index in [2.05, 4.69) is 51.0 Å². The summed E-state index contributed by atoms with van der Waals surface area (Å²) in [6, 6.07) is 2.60. The number of nitrogens with zero attached hydrogens (tertiary/aromatic N) is 2. The van der Waals surface area contributed by atoms with Gasteiger partial charge in [-0.1, -0.05) is 18.2 Å². The van der Waals surface area contributed by atoms with Crippen LogP contribution in [0, 0.1) is 0 Å². The maximum atomic E-state index is 4.54. The molecule has 3 rings (SSSR count). The van der Waals surface area contributed by atoms with Crippen molar-refractivity contribution in [2.75, 3.05) is 19.6 Å². The highest BCUT2D eigenvalue weighted by Crippen LogP contribution is 2.32. The molecule has 2 heterocycles. The van der Waals surface area contributed by atoms with Gasteiger partial charge in [0.25, 0.3) is 0 Å². The molecular weight excluding hydrogens is 266 g/mol. The standard InChI is InChI=1S/C16H19N3S/c1-2-6-17-7-8-19-16-10-13(15-5-9-20-12-15)3-4-14(16)11-18-19/h2-5,9,11-12,16-17H,1,6-8,10H2. The van der Waals surface area contributed by atoms with E-state index in [1.165, 1.54) is 16.7 Å². The Hall–Kier alpha value is -1.65. The zero-order valence-corrected chi connectivity index (χ0v) is 12.3. The summed E-state index contributed by atoms with van der Waals surface area (Å²) in [6.07, 6.45) is 9.38. The second-order valence-corrected chi connectivity index (χ2v) is 5.77. The first-order valence-electron chi connectivity index (χ1n) is 6.94. The molecule has 20 heavy (non-hydrogen) atoms. The Morgan fingerprint density at radius 2 is 2.45 bits per heavy atom. The number of hydrogen-bond donors (Lipinski definition) is 1. The van der Waals surface area contributed by atoms with E-state index in [4.69, 9.17) is 0 Å². The molecule has 4 heteroatoms. The number of nitrogens with one attached hydrogen (secondary N) is 1. The van der Waals surface area contributed by atoms with Gasteiger partial charge < -0.3 is 5.32 Å². The summed E-state index contributed by atoms with van der Waals surface area (Å²) in [7, 11) is 0. The second-order valence-electron chi connectivity index (χ2n) is 4.99. The molecule has 3 nitrogen and oxygen atoms in total. The molecule has 1 unspecified atom stereocenters. The summed E-state index contributed by atoms with van der Waals surface area (Å²) in [5, 5.41) is 14.4. The number of hydrazone groups is 1. The minimum atomic E-state index is 0.403. The van der Waals surface area contributed by atoms with Crippen LogP contribution in [-0.4, -0.2) is 36.9 Å². The molecule has 0 fully saturated rings. The summed E-state index contributed by atoms with van der Waals surface area (Å²) in [5.74, 6) is 0. The van der Waals surface area contributed by atoms with Crippen molar-refractivity contribution in [1.29, 1.82) is 0 Å². The van der Waals surface area contributed by atoms with E-state index < -0.39 is 0 Å². The fourth-order valence-corrected chi connectivity index (χ4v) is 3.28. The van der Waals surface area contributed by atoms with Gasteiger partial charge >= 0.3 is 0 Å². The summed E-state index contributed by atoms with van der Waals surface area (Å²) < 4.78 is 0. The van der Waals surface area contributed by atoms with E-state index in [0.29, 0.717) is 6.04 Å². The van der Waals surface area contributed by atoms with Crippen LogP contribution in [0.25, 0.3) is 5.57 Å². The van der Waals surface area contributed by atoms with E-state index in [9.17, 15) is 0 Å². The molecule has 1 aromatic heterocycles. The van der Waals surface area contributed by atoms with Crippen LogP contribution in [0.3, 0.4) is 0 Å². The van der Waals surface area contributed by atoms with E-state index in [-0.39, 0.29) is 0 Å². The van der Waals surface area contributed by atoms with Crippen molar-refractivity contribution >= 4 is 23.1 Å². The van der Waals surface area contributed by atoms with Crippen molar-refractivity contribution in [2.45, 2.75) is 12.5 Å². The third-order valence-electron chi connectivity index (χ3n) is 3.69. The van der Waals surface area contributed by atoms with E-state index in [0.717, 1.165) is 26.1 Å². The number of allylic oxidation sites excluding steroid dienone is 2. The zero-order valence-electron chi connectivity index (χ0n) is 11.5. The Morgan fingerprint density at radius 1 is 1.50 bits per heavy atom. The quantitative estimate of drug-likeness (QED) is 0.643. The molecule has 0 aromatic carbocycles. The maximum absolute atomic E-state index is 4.54. The molecular formula is C16H19N3S. The fraction of sp³-hybridized carbons (Fsp3) is 0.312. The molecule has 1 aliphatic carbocycles. The van der Waals surface area contributed by atoms with Gasteiger partial charge in [0.1, 0.15) is 0 Å². The van der Waals surface area contributed by atoms with Crippen LogP contribution in [0.15, 0.2) is 52.3 Å². The molecule has 1 atom stereocenters. The van der Waals surface area contributed by atoms with Gasteiger partial charge in [-0.05, 0) is 40.0 Å². The predicted molar refractivity (Wildman–Crippen MR) is 87.0 cm³/mol. The first-order valence-corrected chi connectivity index (χ1v) is 7.88. The smallest absolute Gasteiger partial charge is 0.0776 e. The SMILES string of the molecule is C=CCNCCN1N=CC2=CC=C(c3ccsc3)CC21. The Balaban J connectivity index is 1.63. The summed E-state index contributed by atoms with van der Waals surface area (Å²) >= 11 is 1.75. The van der Waals surface area contributed by atoms with Gasteiger partial charge in [-0.3, -0.25) is 5.01 Å². The second kappa shape index (κ2) is 6.20. The third kappa shape index (κ3) is 2.76. The first-order chi connectivity index (χ1) is 9.88. The summed E-state index contributed by atoms with van der Waals surface area (Å²) in [6.45, 7) is 6.43. The molecule has 104 valence electrons. The highest BCUT2D eigenvalue weighted by molar-refractivity contribution is 7.08. The average molecular weight is 285 g/mol. The van der Waals surface area contributed by atoms with Crippen molar-refractivity contribution in [3.63, 3.8) is 0 Å². The monoisotopic (exact) mass is 285 g/mol. The maximum Gasteiger partial charge on any atom is 0.0776 e. The molecule has 0 saturated heterocycles. The van der Waals surface area contributed by atoms with Gasteiger partial charge in [0.15, 0.2) is 0 Å². The lowest BCUT2D eigenvalue weighted by atomic mass is 9.91. The van der Waals surface area contributed by atoms with Crippen molar-refractivity contribution < 1.29 is 0 Å². The largest absolute Gasteiger partial charge is 0.311 e. The Kier molecular flexibility index (Phi) is 4.14. The zero-order chi connectivity index (χ0) is 13.8. The van der Waals surface area contributed by atoms with Gasteiger partial charge in [0, 0.05) is 19.6 Å². The number of thiophene rings is 1. The predicted octanol–water partition coefficient (Wildman–Crippen LogP) is 2.91. The van der Waals surface area contributed by atoms with Crippen molar-refractivity contribution in [1.82, 2.24) is 10.3 Å². The van der Waals surface area contributed by atoms with Crippen LogP contribution >= 0.6 is 11.3 Å². The van der Waals surface area contributed by atoms with E-state index in [1.54, 1.807) is 11.3 Å². The first kappa shape index (κ1) is 13.3. The molecule has 1 aromatic rings. The van der Waals surface area contributed by atoms with E-state index >= 15 is 0 Å². The molecule has 1 aliphatic heterocycles. The number of hydrogen-bond acceptors (Lipinski definition) is 4. The average Bonchev–Trinajstić information content (AvgIpc) is 3.13. The topological polar surface area (TPSA) is 27.6 Å². The number of rotatable bonds is 6. The molecule has 0 bridgehead atoms. The van der Waals surface area contributed by atoms with Crippen molar-refractivity contribution in [2.24, 2.45) is 5.10 Å². The highest BCUT2D eigenvalue weighted by Gasteiger charge is 2.28. The molecule has 0 spiro atoms. The van der Waals surface area contributed by atoms with Gasteiger partial charge in [0.2, 0.25) is 0 Å². The van der Waals surface area contributed by atoms with Gasteiger partial charge in [-0.25, -0.2) is 0 Å². The molecule has 0 saturated carbocycles. The highest BCUT2D eigenvalue weighted by atomic mass is 32.1. The van der Waals surface area contributed by atoms with Gasteiger partial charge in [-0.15, -0.1) is 6.58 Å². The Bertz CT molecular complexity index is 554. The lowest BCUT2D eigenvalue weighted by molar-refractivity contribution is 0.254. The van der Waals surface area contributed by atoms with Crippen LogP contribution in [0.5, 0.6) is 0 Å². The van der Waals surface area contributed by atoms with Crippen LogP contribution in [0.2, 0.25) is 0 Å². The normalized spacial score (nSPS) is 20.6. The molecule has 1 N–H and O–H groups in total. The Morgan fingerprint density at radius 3 is 3.25 bits per heavy atom. The third-order valence-corrected chi connectivity index (χ3v) is 4.37. The fourth-order valence-electron chi connectivity index (χ4n) is 2.60. The number of fused-ring (bicyclic) bond motifs is 1. The van der Waals surface area contributed by atoms with Crippen LogP contribution in [0.1, 0.15) is 12.0 Å². The molecule has 0 radical (unpaired) electrons. The minimum Gasteiger partial charge on any atom is -0.311 e. The van der Waals surface area contributed by atoms with Gasteiger partial charge in [0.05, 0.1) is 12.3 Å². The molecule has 0 amide bonds. The van der Waals surface area contributed by atoms with E-state index in [1.807, 2.05) is 12.3 Å². The lowest BCUT2D eigenvalue weighted by Gasteiger charge is -2.27. The summed E-state index contributed by atoms with van der Waals surface area (Å²) in [4.78, 5) is 0. The van der Waals surface area contributed by atoms with Crippen molar-refractivity contribution in [3.05, 3.63) is 52.8 Å². The van der Waals surface area contributed by atoms with Crippen LogP contribution in [-0.2, 0) is 0 Å². The lowest BCUT2D eigenvalue weighted by Crippen LogP contribution is -2.35. The van der Waals surface area contributed by atoms with Crippen LogP contribution in [0.4, 0.5) is 0 Å². The van der Waals surface area contributed by atoms with Gasteiger partial charge in [-0.2, -0.15) is 16.4 Å². The van der Waals surface area contributed by atoms with Crippen molar-refractivity contribution in [3.8, 4) is 0 Å².